The fourth-order valence-electron chi connectivity index (χ4n) is 1.88. The highest BCUT2D eigenvalue weighted by Crippen LogP contribution is 2.23. The van der Waals surface area contributed by atoms with Gasteiger partial charge in [-0.1, -0.05) is 19.0 Å². The standard InChI is InChI=1S/C13H18N4O/c1-9(2)6-11(7-14)13-16-12(17-18-13)10-4-3-5-15-8-10/h3-5,8-9,11H,6-7,14H2,1-2H3. The summed E-state index contributed by atoms with van der Waals surface area (Å²) in [6, 6.07) is 3.75. The van der Waals surface area contributed by atoms with Crippen molar-refractivity contribution in [3.05, 3.63) is 30.4 Å². The number of pyridine rings is 1. The van der Waals surface area contributed by atoms with E-state index in [-0.39, 0.29) is 5.92 Å². The molecule has 0 fully saturated rings. The molecule has 0 aromatic carbocycles. The van der Waals surface area contributed by atoms with E-state index < -0.39 is 0 Å². The number of hydrogen-bond acceptors (Lipinski definition) is 5. The normalized spacial score (nSPS) is 12.9. The first-order valence-electron chi connectivity index (χ1n) is 6.14. The highest BCUT2D eigenvalue weighted by Gasteiger charge is 2.19. The zero-order valence-electron chi connectivity index (χ0n) is 10.7. The van der Waals surface area contributed by atoms with E-state index in [1.807, 2.05) is 12.1 Å². The predicted octanol–water partition coefficient (Wildman–Crippen LogP) is 2.22. The van der Waals surface area contributed by atoms with Crippen LogP contribution in [-0.2, 0) is 0 Å². The minimum absolute atomic E-state index is 0.128. The zero-order valence-corrected chi connectivity index (χ0v) is 10.7. The molecule has 0 amide bonds. The van der Waals surface area contributed by atoms with Crippen LogP contribution in [0.5, 0.6) is 0 Å². The SMILES string of the molecule is CC(C)CC(CN)c1nc(-c2cccnc2)no1. The van der Waals surface area contributed by atoms with E-state index in [9.17, 15) is 0 Å². The van der Waals surface area contributed by atoms with Crippen LogP contribution in [0.3, 0.4) is 0 Å². The summed E-state index contributed by atoms with van der Waals surface area (Å²) in [6.45, 7) is 4.83. The molecule has 5 nitrogen and oxygen atoms in total. The molecule has 0 aliphatic rings. The van der Waals surface area contributed by atoms with Crippen LogP contribution in [0.2, 0.25) is 0 Å². The Labute approximate surface area is 106 Å². The van der Waals surface area contributed by atoms with Gasteiger partial charge < -0.3 is 10.3 Å². The van der Waals surface area contributed by atoms with E-state index >= 15 is 0 Å². The van der Waals surface area contributed by atoms with Gasteiger partial charge in [0.15, 0.2) is 0 Å². The summed E-state index contributed by atoms with van der Waals surface area (Å²) in [5.74, 6) is 1.86. The first-order chi connectivity index (χ1) is 8.70. The average molecular weight is 246 g/mol. The molecule has 0 aliphatic heterocycles. The van der Waals surface area contributed by atoms with Crippen LogP contribution < -0.4 is 5.73 Å². The Kier molecular flexibility index (Phi) is 4.04. The molecule has 2 N–H and O–H groups in total. The van der Waals surface area contributed by atoms with Gasteiger partial charge in [-0.05, 0) is 24.5 Å². The largest absolute Gasteiger partial charge is 0.339 e. The van der Waals surface area contributed by atoms with Crippen molar-refractivity contribution in [1.82, 2.24) is 15.1 Å². The summed E-state index contributed by atoms with van der Waals surface area (Å²) in [5.41, 5.74) is 6.62. The van der Waals surface area contributed by atoms with Crippen molar-refractivity contribution in [2.75, 3.05) is 6.54 Å². The minimum Gasteiger partial charge on any atom is -0.339 e. The van der Waals surface area contributed by atoms with Crippen molar-refractivity contribution >= 4 is 0 Å². The first-order valence-corrected chi connectivity index (χ1v) is 6.14. The third-order valence-electron chi connectivity index (χ3n) is 2.75. The van der Waals surface area contributed by atoms with Crippen molar-refractivity contribution in [3.63, 3.8) is 0 Å². The zero-order chi connectivity index (χ0) is 13.0. The van der Waals surface area contributed by atoms with Gasteiger partial charge in [0.2, 0.25) is 11.7 Å². The molecule has 0 aliphatic carbocycles. The third kappa shape index (κ3) is 2.92. The number of rotatable bonds is 5. The van der Waals surface area contributed by atoms with E-state index in [1.54, 1.807) is 12.4 Å². The Hall–Kier alpha value is -1.75. The molecule has 2 aromatic heterocycles. The van der Waals surface area contributed by atoms with Crippen LogP contribution >= 0.6 is 0 Å². The molecule has 2 rings (SSSR count). The number of hydrogen-bond donors (Lipinski definition) is 1. The number of aromatic nitrogens is 3. The smallest absolute Gasteiger partial charge is 0.231 e. The van der Waals surface area contributed by atoms with Crippen LogP contribution in [0.25, 0.3) is 11.4 Å². The maximum absolute atomic E-state index is 5.76. The maximum atomic E-state index is 5.76. The van der Waals surface area contributed by atoms with Gasteiger partial charge in [0.1, 0.15) is 0 Å². The van der Waals surface area contributed by atoms with Gasteiger partial charge in [0.25, 0.3) is 0 Å². The lowest BCUT2D eigenvalue weighted by Crippen LogP contribution is -2.15. The molecular weight excluding hydrogens is 228 g/mol. The molecule has 0 bridgehead atoms. The Balaban J connectivity index is 2.19. The molecule has 1 unspecified atom stereocenters. The summed E-state index contributed by atoms with van der Waals surface area (Å²) in [4.78, 5) is 8.44. The van der Waals surface area contributed by atoms with E-state index in [0.29, 0.717) is 24.2 Å². The molecule has 2 heterocycles. The van der Waals surface area contributed by atoms with Crippen molar-refractivity contribution in [2.45, 2.75) is 26.2 Å². The monoisotopic (exact) mass is 246 g/mol. The Morgan fingerprint density at radius 1 is 1.39 bits per heavy atom. The van der Waals surface area contributed by atoms with Gasteiger partial charge in [-0.2, -0.15) is 4.98 Å². The fourth-order valence-corrected chi connectivity index (χ4v) is 1.88. The van der Waals surface area contributed by atoms with E-state index in [1.165, 1.54) is 0 Å². The molecule has 96 valence electrons. The maximum Gasteiger partial charge on any atom is 0.231 e. The van der Waals surface area contributed by atoms with Gasteiger partial charge in [-0.25, -0.2) is 0 Å². The molecule has 2 aromatic rings. The lowest BCUT2D eigenvalue weighted by molar-refractivity contribution is 0.335. The Bertz CT molecular complexity index is 481. The topological polar surface area (TPSA) is 77.8 Å². The van der Waals surface area contributed by atoms with Crippen molar-refractivity contribution in [3.8, 4) is 11.4 Å². The van der Waals surface area contributed by atoms with Crippen LogP contribution in [0.4, 0.5) is 0 Å². The predicted molar refractivity (Wildman–Crippen MR) is 68.8 cm³/mol. The molecule has 18 heavy (non-hydrogen) atoms. The number of nitrogens with zero attached hydrogens (tertiary/aromatic N) is 3. The quantitative estimate of drug-likeness (QED) is 0.875. The average Bonchev–Trinajstić information content (AvgIpc) is 2.86. The van der Waals surface area contributed by atoms with Crippen molar-refractivity contribution < 1.29 is 4.52 Å². The van der Waals surface area contributed by atoms with Gasteiger partial charge >= 0.3 is 0 Å². The van der Waals surface area contributed by atoms with Gasteiger partial charge in [0.05, 0.1) is 5.92 Å². The van der Waals surface area contributed by atoms with Gasteiger partial charge in [-0.3, -0.25) is 4.98 Å². The van der Waals surface area contributed by atoms with E-state index in [0.717, 1.165) is 12.0 Å². The molecule has 0 radical (unpaired) electrons. The fraction of sp³-hybridized carbons (Fsp3) is 0.462. The molecule has 1 atom stereocenters. The molecular formula is C13H18N4O. The Morgan fingerprint density at radius 3 is 2.83 bits per heavy atom. The lowest BCUT2D eigenvalue weighted by Gasteiger charge is -2.11. The Morgan fingerprint density at radius 2 is 2.22 bits per heavy atom. The minimum atomic E-state index is 0.128. The molecule has 0 saturated carbocycles. The second-order valence-electron chi connectivity index (χ2n) is 4.76. The van der Waals surface area contributed by atoms with Crippen LogP contribution in [0.15, 0.2) is 29.0 Å². The molecule has 0 saturated heterocycles. The summed E-state index contributed by atoms with van der Waals surface area (Å²) in [7, 11) is 0. The van der Waals surface area contributed by atoms with Crippen LogP contribution in [0, 0.1) is 5.92 Å². The summed E-state index contributed by atoms with van der Waals surface area (Å²) in [5, 5.41) is 3.98. The third-order valence-corrected chi connectivity index (χ3v) is 2.75. The highest BCUT2D eigenvalue weighted by molar-refractivity contribution is 5.51. The van der Waals surface area contributed by atoms with Crippen LogP contribution in [-0.4, -0.2) is 21.7 Å². The van der Waals surface area contributed by atoms with Gasteiger partial charge in [0, 0.05) is 24.5 Å². The summed E-state index contributed by atoms with van der Waals surface area (Å²) < 4.78 is 5.30. The van der Waals surface area contributed by atoms with E-state index in [4.69, 9.17) is 10.3 Å². The second kappa shape index (κ2) is 5.73. The first kappa shape index (κ1) is 12.7. The van der Waals surface area contributed by atoms with Gasteiger partial charge in [-0.15, -0.1) is 0 Å². The summed E-state index contributed by atoms with van der Waals surface area (Å²) >= 11 is 0. The molecule has 0 spiro atoms. The summed E-state index contributed by atoms with van der Waals surface area (Å²) in [6.07, 6.45) is 4.38. The second-order valence-corrected chi connectivity index (χ2v) is 4.76. The molecule has 5 heteroatoms. The number of nitrogens with two attached hydrogens (primary N) is 1. The van der Waals surface area contributed by atoms with Crippen molar-refractivity contribution in [2.24, 2.45) is 11.7 Å². The van der Waals surface area contributed by atoms with E-state index in [2.05, 4.69) is 29.0 Å². The van der Waals surface area contributed by atoms with Crippen LogP contribution in [0.1, 0.15) is 32.1 Å². The van der Waals surface area contributed by atoms with Crippen molar-refractivity contribution in [1.29, 1.82) is 0 Å². The lowest BCUT2D eigenvalue weighted by atomic mass is 9.97. The highest BCUT2D eigenvalue weighted by atomic mass is 16.5.